The molecule has 1 fully saturated rings. The molecule has 80 valence electrons. The Labute approximate surface area is 94.7 Å². The first-order valence-electron chi connectivity index (χ1n) is 4.51. The lowest BCUT2D eigenvalue weighted by Gasteiger charge is -2.26. The summed E-state index contributed by atoms with van der Waals surface area (Å²) in [4.78, 5) is 11.6. The second kappa shape index (κ2) is 4.28. The minimum Gasteiger partial charge on any atom is -0.377 e. The van der Waals surface area contributed by atoms with Gasteiger partial charge in [-0.15, -0.1) is 0 Å². The Bertz CT molecular complexity index is 393. The highest BCUT2D eigenvalue weighted by molar-refractivity contribution is 9.10. The summed E-state index contributed by atoms with van der Waals surface area (Å²) in [6.07, 6.45) is 0. The molecule has 1 heterocycles. The predicted molar refractivity (Wildman–Crippen MR) is 56.2 cm³/mol. The number of carbonyl (C=O) groups excluding carboxylic acids is 1. The van der Waals surface area contributed by atoms with E-state index in [9.17, 15) is 9.18 Å². The van der Waals surface area contributed by atoms with E-state index in [0.29, 0.717) is 17.7 Å². The molecule has 0 bridgehead atoms. The first-order chi connectivity index (χ1) is 7.18. The van der Waals surface area contributed by atoms with Crippen LogP contribution in [0.3, 0.4) is 0 Å². The van der Waals surface area contributed by atoms with E-state index in [2.05, 4.69) is 21.2 Å². The van der Waals surface area contributed by atoms with Crippen molar-refractivity contribution in [3.63, 3.8) is 0 Å². The van der Waals surface area contributed by atoms with E-state index >= 15 is 0 Å². The van der Waals surface area contributed by atoms with Crippen LogP contribution < -0.4 is 5.32 Å². The highest BCUT2D eigenvalue weighted by Gasteiger charge is 2.22. The summed E-state index contributed by atoms with van der Waals surface area (Å²) in [5, 5.41) is 2.68. The smallest absolute Gasteiger partial charge is 0.254 e. The third-order valence-corrected chi connectivity index (χ3v) is 2.78. The molecule has 2 rings (SSSR count). The zero-order chi connectivity index (χ0) is 10.8. The maximum Gasteiger partial charge on any atom is 0.254 e. The lowest BCUT2D eigenvalue weighted by molar-refractivity contribution is -0.00353. The lowest BCUT2D eigenvalue weighted by Crippen LogP contribution is -2.48. The number of hydrogen-bond donors (Lipinski definition) is 1. The van der Waals surface area contributed by atoms with E-state index in [4.69, 9.17) is 4.74 Å². The first kappa shape index (κ1) is 10.6. The van der Waals surface area contributed by atoms with Crippen LogP contribution in [0.1, 0.15) is 10.4 Å². The van der Waals surface area contributed by atoms with Gasteiger partial charge in [-0.1, -0.05) is 6.07 Å². The van der Waals surface area contributed by atoms with Gasteiger partial charge in [0.25, 0.3) is 5.91 Å². The van der Waals surface area contributed by atoms with Crippen molar-refractivity contribution in [1.82, 2.24) is 5.32 Å². The van der Waals surface area contributed by atoms with Crippen LogP contribution in [0.25, 0.3) is 0 Å². The van der Waals surface area contributed by atoms with E-state index in [-0.39, 0.29) is 11.6 Å². The molecule has 1 aromatic rings. The van der Waals surface area contributed by atoms with Crippen molar-refractivity contribution in [1.29, 1.82) is 0 Å². The van der Waals surface area contributed by atoms with Crippen LogP contribution in [-0.4, -0.2) is 25.2 Å². The molecule has 1 amide bonds. The molecule has 3 nitrogen and oxygen atoms in total. The Morgan fingerprint density at radius 2 is 2.27 bits per heavy atom. The van der Waals surface area contributed by atoms with E-state index in [1.54, 1.807) is 12.1 Å². The van der Waals surface area contributed by atoms with Crippen molar-refractivity contribution in [2.24, 2.45) is 0 Å². The van der Waals surface area contributed by atoms with Gasteiger partial charge in [0, 0.05) is 0 Å². The standard InChI is InChI=1S/C10H9BrFNO2/c11-8-3-1-2-7(9(8)12)10(14)13-6-4-15-5-6/h1-3,6H,4-5H2,(H,13,14). The third kappa shape index (κ3) is 2.18. The Morgan fingerprint density at radius 1 is 1.53 bits per heavy atom. The summed E-state index contributed by atoms with van der Waals surface area (Å²) >= 11 is 3.03. The maximum atomic E-state index is 13.5. The molecule has 1 aliphatic heterocycles. The lowest BCUT2D eigenvalue weighted by atomic mass is 10.1. The Morgan fingerprint density at radius 3 is 2.87 bits per heavy atom. The quantitative estimate of drug-likeness (QED) is 0.891. The summed E-state index contributed by atoms with van der Waals surface area (Å²) in [6, 6.07) is 4.64. The van der Waals surface area contributed by atoms with E-state index in [0.717, 1.165) is 0 Å². The highest BCUT2D eigenvalue weighted by Crippen LogP contribution is 2.18. The van der Waals surface area contributed by atoms with Gasteiger partial charge in [-0.05, 0) is 28.1 Å². The highest BCUT2D eigenvalue weighted by atomic mass is 79.9. The molecule has 0 aliphatic carbocycles. The number of carbonyl (C=O) groups is 1. The number of halogens is 2. The van der Waals surface area contributed by atoms with Crippen LogP contribution in [0, 0.1) is 5.82 Å². The summed E-state index contributed by atoms with van der Waals surface area (Å²) in [7, 11) is 0. The molecular formula is C10H9BrFNO2. The molecule has 0 radical (unpaired) electrons. The Hall–Kier alpha value is -0.940. The van der Waals surface area contributed by atoms with Gasteiger partial charge in [0.2, 0.25) is 0 Å². The molecule has 0 aromatic heterocycles. The number of benzene rings is 1. The van der Waals surface area contributed by atoms with Gasteiger partial charge >= 0.3 is 0 Å². The SMILES string of the molecule is O=C(NC1COC1)c1cccc(Br)c1F. The van der Waals surface area contributed by atoms with Gasteiger partial charge in [-0.3, -0.25) is 4.79 Å². The summed E-state index contributed by atoms with van der Waals surface area (Å²) in [6.45, 7) is 1.00. The topological polar surface area (TPSA) is 38.3 Å². The van der Waals surface area contributed by atoms with Crippen molar-refractivity contribution in [2.45, 2.75) is 6.04 Å². The van der Waals surface area contributed by atoms with Gasteiger partial charge in [0.05, 0.1) is 29.3 Å². The van der Waals surface area contributed by atoms with Crippen molar-refractivity contribution in [3.05, 3.63) is 34.1 Å². The predicted octanol–water partition coefficient (Wildman–Crippen LogP) is 1.72. The molecule has 1 aliphatic rings. The van der Waals surface area contributed by atoms with Crippen molar-refractivity contribution in [2.75, 3.05) is 13.2 Å². The van der Waals surface area contributed by atoms with E-state index < -0.39 is 11.7 Å². The minimum atomic E-state index is -0.532. The molecule has 1 saturated heterocycles. The van der Waals surface area contributed by atoms with Crippen LogP contribution in [-0.2, 0) is 4.74 Å². The normalized spacial score (nSPS) is 15.9. The number of amides is 1. The molecule has 5 heteroatoms. The minimum absolute atomic E-state index is 0.0101. The molecule has 1 N–H and O–H groups in total. The van der Waals surface area contributed by atoms with E-state index in [1.165, 1.54) is 6.07 Å². The fourth-order valence-electron chi connectivity index (χ4n) is 1.26. The monoisotopic (exact) mass is 273 g/mol. The number of rotatable bonds is 2. The molecule has 1 aromatic carbocycles. The summed E-state index contributed by atoms with van der Waals surface area (Å²) < 4.78 is 18.7. The van der Waals surface area contributed by atoms with Gasteiger partial charge in [-0.25, -0.2) is 4.39 Å². The number of nitrogens with one attached hydrogen (secondary N) is 1. The van der Waals surface area contributed by atoms with Gasteiger partial charge in [-0.2, -0.15) is 0 Å². The fraction of sp³-hybridized carbons (Fsp3) is 0.300. The van der Waals surface area contributed by atoms with Crippen LogP contribution >= 0.6 is 15.9 Å². The zero-order valence-electron chi connectivity index (χ0n) is 7.80. The average molecular weight is 274 g/mol. The Balaban J connectivity index is 2.13. The van der Waals surface area contributed by atoms with Gasteiger partial charge in [0.1, 0.15) is 5.82 Å². The molecule has 0 saturated carbocycles. The van der Waals surface area contributed by atoms with Crippen LogP contribution in [0.4, 0.5) is 4.39 Å². The molecular weight excluding hydrogens is 265 g/mol. The average Bonchev–Trinajstić information content (AvgIpc) is 2.15. The van der Waals surface area contributed by atoms with Crippen LogP contribution in [0.2, 0.25) is 0 Å². The van der Waals surface area contributed by atoms with Gasteiger partial charge in [0.15, 0.2) is 0 Å². The Kier molecular flexibility index (Phi) is 3.02. The van der Waals surface area contributed by atoms with Crippen molar-refractivity contribution >= 4 is 21.8 Å². The molecule has 0 spiro atoms. The number of ether oxygens (including phenoxy) is 1. The van der Waals surface area contributed by atoms with Gasteiger partial charge < -0.3 is 10.1 Å². The largest absolute Gasteiger partial charge is 0.377 e. The molecule has 0 unspecified atom stereocenters. The van der Waals surface area contributed by atoms with Crippen LogP contribution in [0.5, 0.6) is 0 Å². The van der Waals surface area contributed by atoms with Crippen LogP contribution in [0.15, 0.2) is 22.7 Å². The molecule has 0 atom stereocenters. The first-order valence-corrected chi connectivity index (χ1v) is 5.30. The number of hydrogen-bond acceptors (Lipinski definition) is 2. The van der Waals surface area contributed by atoms with Crippen molar-refractivity contribution < 1.29 is 13.9 Å². The fourth-order valence-corrected chi connectivity index (χ4v) is 1.63. The second-order valence-electron chi connectivity index (χ2n) is 3.31. The summed E-state index contributed by atoms with van der Waals surface area (Å²) in [5.74, 6) is -0.933. The molecule has 15 heavy (non-hydrogen) atoms. The zero-order valence-corrected chi connectivity index (χ0v) is 9.38. The second-order valence-corrected chi connectivity index (χ2v) is 4.16. The third-order valence-electron chi connectivity index (χ3n) is 2.17. The maximum absolute atomic E-state index is 13.5. The van der Waals surface area contributed by atoms with Crippen molar-refractivity contribution in [3.8, 4) is 0 Å². The summed E-state index contributed by atoms with van der Waals surface area (Å²) in [5.41, 5.74) is 0.0521. The van der Waals surface area contributed by atoms with E-state index in [1.807, 2.05) is 0 Å².